The van der Waals surface area contributed by atoms with E-state index in [2.05, 4.69) is 27.4 Å². The summed E-state index contributed by atoms with van der Waals surface area (Å²) in [6.07, 6.45) is 0.855. The van der Waals surface area contributed by atoms with Crippen LogP contribution in [0.1, 0.15) is 45.7 Å². The van der Waals surface area contributed by atoms with Crippen molar-refractivity contribution in [2.24, 2.45) is 0 Å². The third-order valence-corrected chi connectivity index (χ3v) is 4.55. The number of rotatable bonds is 5. The zero-order chi connectivity index (χ0) is 17.1. The Bertz CT molecular complexity index is 726. The Hall–Kier alpha value is -2.05. The predicted molar refractivity (Wildman–Crippen MR) is 91.1 cm³/mol. The molecule has 1 aliphatic rings. The van der Waals surface area contributed by atoms with Crippen LogP contribution in [0, 0.1) is 13.8 Å². The highest BCUT2D eigenvalue weighted by atomic mass is 16.5. The van der Waals surface area contributed by atoms with E-state index in [4.69, 9.17) is 4.52 Å². The summed E-state index contributed by atoms with van der Waals surface area (Å²) < 4.78 is 5.34. The number of hydrogen-bond acceptors (Lipinski definition) is 6. The third-order valence-electron chi connectivity index (χ3n) is 4.55. The minimum atomic E-state index is 0.118. The van der Waals surface area contributed by atoms with Gasteiger partial charge in [-0.2, -0.15) is 4.98 Å². The molecule has 0 radical (unpaired) electrons. The molecule has 6 nitrogen and oxygen atoms in total. The molecule has 0 bridgehead atoms. The maximum Gasteiger partial charge on any atom is 0.227 e. The van der Waals surface area contributed by atoms with E-state index in [-0.39, 0.29) is 11.8 Å². The molecule has 1 atom stereocenters. The van der Waals surface area contributed by atoms with Crippen molar-refractivity contribution in [2.45, 2.75) is 32.7 Å². The lowest BCUT2D eigenvalue weighted by molar-refractivity contribution is 0.0979. The van der Waals surface area contributed by atoms with E-state index in [1.54, 1.807) is 0 Å². The Kier molecular flexibility index (Phi) is 5.06. The van der Waals surface area contributed by atoms with Crippen molar-refractivity contribution in [1.29, 1.82) is 0 Å². The number of nitrogens with zero attached hydrogens (tertiary/aromatic N) is 3. The summed E-state index contributed by atoms with van der Waals surface area (Å²) in [6, 6.07) is 6.08. The number of carbonyl (C=O) groups excluding carboxylic acids is 1. The maximum atomic E-state index is 12.4. The van der Waals surface area contributed by atoms with Gasteiger partial charge in [0.25, 0.3) is 0 Å². The van der Waals surface area contributed by atoms with Gasteiger partial charge in [-0.05, 0) is 32.5 Å². The van der Waals surface area contributed by atoms with Gasteiger partial charge in [-0.25, -0.2) is 0 Å². The predicted octanol–water partition coefficient (Wildman–Crippen LogP) is 2.08. The van der Waals surface area contributed by atoms with Crippen molar-refractivity contribution in [3.8, 4) is 0 Å². The number of hydrogen-bond donors (Lipinski definition) is 1. The van der Waals surface area contributed by atoms with Gasteiger partial charge >= 0.3 is 0 Å². The molecule has 3 rings (SSSR count). The summed E-state index contributed by atoms with van der Waals surface area (Å²) in [5.41, 5.74) is 2.88. The summed E-state index contributed by atoms with van der Waals surface area (Å²) >= 11 is 0. The van der Waals surface area contributed by atoms with Crippen LogP contribution < -0.4 is 5.32 Å². The number of aromatic nitrogens is 2. The lowest BCUT2D eigenvalue weighted by Gasteiger charge is -2.30. The molecule has 0 aliphatic carbocycles. The zero-order valence-electron chi connectivity index (χ0n) is 14.5. The molecule has 6 heteroatoms. The van der Waals surface area contributed by atoms with Crippen LogP contribution in [0.15, 0.2) is 22.7 Å². The zero-order valence-corrected chi connectivity index (χ0v) is 14.5. The number of carbonyl (C=O) groups is 1. The van der Waals surface area contributed by atoms with E-state index in [0.717, 1.165) is 36.3 Å². The largest absolute Gasteiger partial charge is 0.339 e. The first kappa shape index (κ1) is 16.8. The van der Waals surface area contributed by atoms with Crippen LogP contribution in [-0.2, 0) is 6.42 Å². The van der Waals surface area contributed by atoms with Gasteiger partial charge in [-0.15, -0.1) is 0 Å². The number of piperazine rings is 1. The van der Waals surface area contributed by atoms with Crippen molar-refractivity contribution < 1.29 is 9.32 Å². The molecule has 2 aromatic rings. The topological polar surface area (TPSA) is 71.3 Å². The fourth-order valence-electron chi connectivity index (χ4n) is 2.99. The van der Waals surface area contributed by atoms with Crippen LogP contribution in [0.5, 0.6) is 0 Å². The molecular formula is C18H24N4O2. The van der Waals surface area contributed by atoms with Crippen molar-refractivity contribution in [2.75, 3.05) is 26.7 Å². The van der Waals surface area contributed by atoms with Gasteiger partial charge in [0.1, 0.15) is 0 Å². The molecule has 0 amide bonds. The van der Waals surface area contributed by atoms with Crippen molar-refractivity contribution in [1.82, 2.24) is 20.4 Å². The van der Waals surface area contributed by atoms with E-state index in [1.807, 2.05) is 32.0 Å². The third kappa shape index (κ3) is 3.71. The number of aryl methyl sites for hydroxylation is 3. The number of ketones is 1. The molecule has 1 fully saturated rings. The summed E-state index contributed by atoms with van der Waals surface area (Å²) in [5, 5.41) is 7.43. The fourth-order valence-corrected chi connectivity index (χ4v) is 2.99. The van der Waals surface area contributed by atoms with Crippen molar-refractivity contribution in [3.63, 3.8) is 0 Å². The van der Waals surface area contributed by atoms with E-state index in [0.29, 0.717) is 24.6 Å². The number of likely N-dealkylation sites (N-methyl/N-ethyl adjacent to an activating group) is 1. The first-order valence-electron chi connectivity index (χ1n) is 8.38. The fraction of sp³-hybridized carbons (Fsp3) is 0.500. The van der Waals surface area contributed by atoms with Gasteiger partial charge in [0.2, 0.25) is 5.89 Å². The van der Waals surface area contributed by atoms with E-state index < -0.39 is 0 Å². The molecule has 1 N–H and O–H groups in total. The summed E-state index contributed by atoms with van der Waals surface area (Å²) in [6.45, 7) is 6.71. The second-order valence-corrected chi connectivity index (χ2v) is 6.49. The van der Waals surface area contributed by atoms with Gasteiger partial charge in [-0.3, -0.25) is 9.69 Å². The molecule has 2 heterocycles. The molecule has 1 saturated heterocycles. The molecule has 1 aliphatic heterocycles. The molecule has 1 unspecified atom stereocenters. The average Bonchev–Trinajstić information content (AvgIpc) is 3.04. The lowest BCUT2D eigenvalue weighted by atomic mass is 9.99. The molecular weight excluding hydrogens is 304 g/mol. The normalized spacial score (nSPS) is 18.7. The number of benzene rings is 1. The van der Waals surface area contributed by atoms with Crippen LogP contribution in [-0.4, -0.2) is 47.5 Å². The Balaban J connectivity index is 1.63. The summed E-state index contributed by atoms with van der Waals surface area (Å²) in [5.74, 6) is 1.34. The molecule has 24 heavy (non-hydrogen) atoms. The molecule has 128 valence electrons. The van der Waals surface area contributed by atoms with Gasteiger partial charge < -0.3 is 9.84 Å². The van der Waals surface area contributed by atoms with Crippen molar-refractivity contribution >= 4 is 5.78 Å². The maximum absolute atomic E-state index is 12.4. The highest BCUT2D eigenvalue weighted by Crippen LogP contribution is 2.19. The van der Waals surface area contributed by atoms with Crippen LogP contribution in [0.25, 0.3) is 0 Å². The van der Waals surface area contributed by atoms with Crippen LogP contribution in [0.2, 0.25) is 0 Å². The molecule has 1 aromatic heterocycles. The Morgan fingerprint density at radius 1 is 1.42 bits per heavy atom. The van der Waals surface area contributed by atoms with Crippen LogP contribution >= 0.6 is 0 Å². The highest BCUT2D eigenvalue weighted by Gasteiger charge is 2.25. The van der Waals surface area contributed by atoms with Gasteiger partial charge in [0, 0.05) is 38.0 Å². The summed E-state index contributed by atoms with van der Waals surface area (Å²) in [7, 11) is 2.06. The SMILES string of the molecule is Cc1ccc(C)c(C(=O)CCc2nc(C3CNCCN3C)no2)c1. The van der Waals surface area contributed by atoms with Crippen molar-refractivity contribution in [3.05, 3.63) is 46.6 Å². The van der Waals surface area contributed by atoms with Gasteiger partial charge in [0.05, 0.1) is 6.04 Å². The smallest absolute Gasteiger partial charge is 0.227 e. The Morgan fingerprint density at radius 3 is 3.04 bits per heavy atom. The first-order chi connectivity index (χ1) is 11.5. The monoisotopic (exact) mass is 328 g/mol. The van der Waals surface area contributed by atoms with Gasteiger partial charge in [-0.1, -0.05) is 22.9 Å². The van der Waals surface area contributed by atoms with E-state index in [9.17, 15) is 4.79 Å². The minimum absolute atomic E-state index is 0.118. The first-order valence-corrected chi connectivity index (χ1v) is 8.38. The Labute approximate surface area is 142 Å². The van der Waals surface area contributed by atoms with Gasteiger partial charge in [0.15, 0.2) is 11.6 Å². The summed E-state index contributed by atoms with van der Waals surface area (Å²) in [4.78, 5) is 19.1. The highest BCUT2D eigenvalue weighted by molar-refractivity contribution is 5.97. The minimum Gasteiger partial charge on any atom is -0.339 e. The number of Topliss-reactive ketones (excluding diaryl/α,β-unsaturated/α-hetero) is 1. The average molecular weight is 328 g/mol. The molecule has 1 aromatic carbocycles. The molecule has 0 saturated carbocycles. The van der Waals surface area contributed by atoms with E-state index in [1.165, 1.54) is 0 Å². The number of nitrogens with one attached hydrogen (secondary N) is 1. The molecule has 0 spiro atoms. The van der Waals surface area contributed by atoms with E-state index >= 15 is 0 Å². The standard InChI is InChI=1S/C18H24N4O2/c1-12-4-5-13(2)14(10-12)16(23)6-7-17-20-18(21-24-17)15-11-19-8-9-22(15)3/h4-5,10,15,19H,6-9,11H2,1-3H3. The van der Waals surface area contributed by atoms with Crippen LogP contribution in [0.3, 0.4) is 0 Å². The Morgan fingerprint density at radius 2 is 2.25 bits per heavy atom. The second-order valence-electron chi connectivity index (χ2n) is 6.49. The lowest BCUT2D eigenvalue weighted by Crippen LogP contribution is -2.44. The van der Waals surface area contributed by atoms with Crippen LogP contribution in [0.4, 0.5) is 0 Å². The second kappa shape index (κ2) is 7.23. The quantitative estimate of drug-likeness (QED) is 0.847.